The van der Waals surface area contributed by atoms with Gasteiger partial charge in [0.05, 0.1) is 12.7 Å². The van der Waals surface area contributed by atoms with Gasteiger partial charge < -0.3 is 4.74 Å². The van der Waals surface area contributed by atoms with Gasteiger partial charge in [0.2, 0.25) is 0 Å². The first-order valence-electron chi connectivity index (χ1n) is 5.47. The van der Waals surface area contributed by atoms with E-state index in [2.05, 4.69) is 9.72 Å². The lowest BCUT2D eigenvalue weighted by Crippen LogP contribution is -2.01. The minimum atomic E-state index is -0.324. The van der Waals surface area contributed by atoms with Crippen molar-refractivity contribution in [1.29, 1.82) is 0 Å². The van der Waals surface area contributed by atoms with E-state index < -0.39 is 0 Å². The Morgan fingerprint density at radius 2 is 1.83 bits per heavy atom. The third-order valence-electron chi connectivity index (χ3n) is 2.57. The highest BCUT2D eigenvalue weighted by Crippen LogP contribution is 2.12. The van der Waals surface area contributed by atoms with Gasteiger partial charge in [-0.2, -0.15) is 0 Å². The van der Waals surface area contributed by atoms with Crippen LogP contribution in [0.5, 0.6) is 0 Å². The van der Waals surface area contributed by atoms with Crippen molar-refractivity contribution in [3.05, 3.63) is 64.4 Å². The molecule has 0 saturated carbocycles. The molecule has 0 saturated heterocycles. The SMILES string of the molecule is COC(=O)c1ccc(Cc2ccc(Cl)nc2)cc1. The molecule has 0 unspecified atom stereocenters. The zero-order valence-corrected chi connectivity index (χ0v) is 10.6. The number of carbonyl (C=O) groups is 1. The number of methoxy groups -OCH3 is 1. The number of hydrogen-bond acceptors (Lipinski definition) is 3. The van der Waals surface area contributed by atoms with Crippen LogP contribution in [0.1, 0.15) is 21.5 Å². The summed E-state index contributed by atoms with van der Waals surface area (Å²) in [6.07, 6.45) is 2.50. The van der Waals surface area contributed by atoms with E-state index in [9.17, 15) is 4.79 Å². The van der Waals surface area contributed by atoms with Crippen LogP contribution in [0.2, 0.25) is 5.15 Å². The minimum Gasteiger partial charge on any atom is -0.465 e. The lowest BCUT2D eigenvalue weighted by Gasteiger charge is -2.03. The molecule has 1 aromatic carbocycles. The molecule has 0 atom stereocenters. The molecule has 0 amide bonds. The fourth-order valence-corrected chi connectivity index (χ4v) is 1.74. The third-order valence-corrected chi connectivity index (χ3v) is 2.80. The zero-order valence-electron chi connectivity index (χ0n) is 9.89. The van der Waals surface area contributed by atoms with Crippen LogP contribution in [0, 0.1) is 0 Å². The summed E-state index contributed by atoms with van der Waals surface area (Å²) >= 11 is 5.72. The van der Waals surface area contributed by atoms with Crippen molar-refractivity contribution in [3.63, 3.8) is 0 Å². The lowest BCUT2D eigenvalue weighted by atomic mass is 10.1. The lowest BCUT2D eigenvalue weighted by molar-refractivity contribution is 0.0600. The van der Waals surface area contributed by atoms with E-state index in [4.69, 9.17) is 11.6 Å². The van der Waals surface area contributed by atoms with Crippen molar-refractivity contribution >= 4 is 17.6 Å². The van der Waals surface area contributed by atoms with E-state index in [1.54, 1.807) is 24.4 Å². The summed E-state index contributed by atoms with van der Waals surface area (Å²) in [5.41, 5.74) is 2.73. The molecule has 4 heteroatoms. The molecule has 0 radical (unpaired) electrons. The number of hydrogen-bond donors (Lipinski definition) is 0. The summed E-state index contributed by atoms with van der Waals surface area (Å²) in [6, 6.07) is 11.0. The highest BCUT2D eigenvalue weighted by Gasteiger charge is 2.04. The Morgan fingerprint density at radius 3 is 2.39 bits per heavy atom. The summed E-state index contributed by atoms with van der Waals surface area (Å²) in [6.45, 7) is 0. The van der Waals surface area contributed by atoms with E-state index >= 15 is 0 Å². The smallest absolute Gasteiger partial charge is 0.337 e. The maximum Gasteiger partial charge on any atom is 0.337 e. The van der Waals surface area contributed by atoms with E-state index in [1.165, 1.54) is 7.11 Å². The number of halogens is 1. The molecule has 2 rings (SSSR count). The molecule has 0 aliphatic rings. The van der Waals surface area contributed by atoms with Crippen LogP contribution >= 0.6 is 11.6 Å². The van der Waals surface area contributed by atoms with Crippen LogP contribution in [0.4, 0.5) is 0 Å². The van der Waals surface area contributed by atoms with E-state index in [0.29, 0.717) is 10.7 Å². The molecule has 1 aromatic heterocycles. The van der Waals surface area contributed by atoms with Gasteiger partial charge in [-0.05, 0) is 35.7 Å². The second-order valence-corrected chi connectivity index (χ2v) is 4.24. The quantitative estimate of drug-likeness (QED) is 0.629. The molecule has 0 aliphatic heterocycles. The molecule has 92 valence electrons. The highest BCUT2D eigenvalue weighted by molar-refractivity contribution is 6.29. The summed E-state index contributed by atoms with van der Waals surface area (Å²) < 4.78 is 4.64. The van der Waals surface area contributed by atoms with Gasteiger partial charge >= 0.3 is 5.97 Å². The van der Waals surface area contributed by atoms with Crippen molar-refractivity contribution in [2.75, 3.05) is 7.11 Å². The molecule has 0 aliphatic carbocycles. The number of nitrogens with zero attached hydrogens (tertiary/aromatic N) is 1. The molecule has 0 N–H and O–H groups in total. The number of carbonyl (C=O) groups excluding carboxylic acids is 1. The predicted octanol–water partition coefficient (Wildman–Crippen LogP) is 3.11. The van der Waals surface area contributed by atoms with Crippen molar-refractivity contribution in [2.24, 2.45) is 0 Å². The number of benzene rings is 1. The van der Waals surface area contributed by atoms with Gasteiger partial charge in [0.15, 0.2) is 0 Å². The molecule has 0 bridgehead atoms. The minimum absolute atomic E-state index is 0.324. The molecular weight excluding hydrogens is 250 g/mol. The number of aromatic nitrogens is 1. The number of ether oxygens (including phenoxy) is 1. The second kappa shape index (κ2) is 5.65. The summed E-state index contributed by atoms with van der Waals surface area (Å²) in [4.78, 5) is 15.3. The maximum atomic E-state index is 11.3. The first kappa shape index (κ1) is 12.6. The maximum absolute atomic E-state index is 11.3. The molecule has 1 heterocycles. The number of esters is 1. The zero-order chi connectivity index (χ0) is 13.0. The highest BCUT2D eigenvalue weighted by atomic mass is 35.5. The van der Waals surface area contributed by atoms with Crippen molar-refractivity contribution in [2.45, 2.75) is 6.42 Å². The largest absolute Gasteiger partial charge is 0.465 e. The second-order valence-electron chi connectivity index (χ2n) is 3.85. The summed E-state index contributed by atoms with van der Waals surface area (Å²) in [5.74, 6) is -0.324. The average Bonchev–Trinajstić information content (AvgIpc) is 2.41. The number of rotatable bonds is 3. The Balaban J connectivity index is 2.10. The van der Waals surface area contributed by atoms with Crippen LogP contribution < -0.4 is 0 Å². The van der Waals surface area contributed by atoms with Gasteiger partial charge in [-0.1, -0.05) is 29.8 Å². The first-order valence-corrected chi connectivity index (χ1v) is 5.84. The molecule has 3 nitrogen and oxygen atoms in total. The van der Waals surface area contributed by atoms with Crippen LogP contribution in [0.25, 0.3) is 0 Å². The van der Waals surface area contributed by atoms with Gasteiger partial charge in [0, 0.05) is 6.20 Å². The summed E-state index contributed by atoms with van der Waals surface area (Å²) in [5, 5.41) is 0.486. The van der Waals surface area contributed by atoms with Gasteiger partial charge in [-0.25, -0.2) is 9.78 Å². The van der Waals surface area contributed by atoms with Gasteiger partial charge in [-0.15, -0.1) is 0 Å². The first-order chi connectivity index (χ1) is 8.69. The van der Waals surface area contributed by atoms with E-state index in [0.717, 1.165) is 17.5 Å². The Bertz CT molecular complexity index is 535. The van der Waals surface area contributed by atoms with Gasteiger partial charge in [-0.3, -0.25) is 0 Å². The molecule has 2 aromatic rings. The van der Waals surface area contributed by atoms with Crippen LogP contribution in [0.15, 0.2) is 42.6 Å². The predicted molar refractivity (Wildman–Crippen MR) is 69.8 cm³/mol. The van der Waals surface area contributed by atoms with Gasteiger partial charge in [0.1, 0.15) is 5.15 Å². The standard InChI is InChI=1S/C14H12ClNO2/c1-18-14(17)12-5-2-10(3-6-12)8-11-4-7-13(15)16-9-11/h2-7,9H,8H2,1H3. The van der Waals surface area contributed by atoms with E-state index in [-0.39, 0.29) is 5.97 Å². The Kier molecular flexibility index (Phi) is 3.95. The topological polar surface area (TPSA) is 39.2 Å². The van der Waals surface area contributed by atoms with Crippen molar-refractivity contribution < 1.29 is 9.53 Å². The molecule has 18 heavy (non-hydrogen) atoms. The van der Waals surface area contributed by atoms with Crippen LogP contribution in [-0.2, 0) is 11.2 Å². The summed E-state index contributed by atoms with van der Waals surface area (Å²) in [7, 11) is 1.37. The molecule has 0 fully saturated rings. The fourth-order valence-electron chi connectivity index (χ4n) is 1.62. The Morgan fingerprint density at radius 1 is 1.17 bits per heavy atom. The monoisotopic (exact) mass is 261 g/mol. The Hall–Kier alpha value is -1.87. The molecule has 0 spiro atoms. The molecular formula is C14H12ClNO2. The van der Waals surface area contributed by atoms with Crippen LogP contribution in [-0.4, -0.2) is 18.1 Å². The van der Waals surface area contributed by atoms with Gasteiger partial charge in [0.25, 0.3) is 0 Å². The van der Waals surface area contributed by atoms with E-state index in [1.807, 2.05) is 18.2 Å². The third kappa shape index (κ3) is 3.08. The van der Waals surface area contributed by atoms with Crippen LogP contribution in [0.3, 0.4) is 0 Å². The number of pyridine rings is 1. The normalized spacial score (nSPS) is 10.1. The van der Waals surface area contributed by atoms with Crippen molar-refractivity contribution in [3.8, 4) is 0 Å². The Labute approximate surface area is 110 Å². The van der Waals surface area contributed by atoms with Crippen molar-refractivity contribution in [1.82, 2.24) is 4.98 Å². The average molecular weight is 262 g/mol. The fraction of sp³-hybridized carbons (Fsp3) is 0.143.